The number of halogens is 1. The van der Waals surface area contributed by atoms with Crippen molar-refractivity contribution < 1.29 is 14.3 Å². The quantitative estimate of drug-likeness (QED) is 0.751. The largest absolute Gasteiger partial charge is 0.396 e. The lowest BCUT2D eigenvalue weighted by atomic mass is 9.94. The number of benzene rings is 1. The van der Waals surface area contributed by atoms with Crippen molar-refractivity contribution in [2.75, 3.05) is 13.2 Å². The summed E-state index contributed by atoms with van der Waals surface area (Å²) in [5, 5.41) is 12.2. The molecule has 3 rings (SSSR count). The normalized spacial score (nSPS) is 23.2. The summed E-state index contributed by atoms with van der Waals surface area (Å²) in [7, 11) is 0. The van der Waals surface area contributed by atoms with E-state index in [9.17, 15) is 9.18 Å². The molecule has 5 heteroatoms. The van der Waals surface area contributed by atoms with Crippen molar-refractivity contribution in [2.45, 2.75) is 62.9 Å². The van der Waals surface area contributed by atoms with Crippen LogP contribution in [0.2, 0.25) is 0 Å². The summed E-state index contributed by atoms with van der Waals surface area (Å²) < 4.78 is 13.1. The molecular formula is C19H27FN2O2. The second-order valence-corrected chi connectivity index (χ2v) is 7.00. The van der Waals surface area contributed by atoms with Crippen molar-refractivity contribution >= 4 is 6.03 Å². The third kappa shape index (κ3) is 4.26. The number of carbonyl (C=O) groups excluding carboxylic acids is 1. The zero-order chi connectivity index (χ0) is 16.9. The number of hydrogen-bond donors (Lipinski definition) is 2. The number of aliphatic hydroxyl groups is 1. The molecule has 24 heavy (non-hydrogen) atoms. The third-order valence-corrected chi connectivity index (χ3v) is 5.18. The van der Waals surface area contributed by atoms with Crippen molar-refractivity contribution in [3.63, 3.8) is 0 Å². The fourth-order valence-corrected chi connectivity index (χ4v) is 3.71. The van der Waals surface area contributed by atoms with Crippen molar-refractivity contribution in [3.8, 4) is 0 Å². The standard InChI is InChI=1S/C19H27FN2O2/c20-15-8-6-14(7-9-15)17-4-3-5-18(17)21-19(24)22(16-10-11-16)12-1-2-13-23/h6-9,16-18,23H,1-5,10-13H2,(H,21,24). The maximum atomic E-state index is 13.1. The number of nitrogens with zero attached hydrogens (tertiary/aromatic N) is 1. The van der Waals surface area contributed by atoms with Crippen molar-refractivity contribution in [1.29, 1.82) is 0 Å². The second-order valence-electron chi connectivity index (χ2n) is 7.00. The Bertz CT molecular complexity index is 545. The number of aliphatic hydroxyl groups excluding tert-OH is 1. The van der Waals surface area contributed by atoms with E-state index in [1.165, 1.54) is 12.1 Å². The van der Waals surface area contributed by atoms with E-state index < -0.39 is 0 Å². The summed E-state index contributed by atoms with van der Waals surface area (Å²) in [6, 6.07) is 7.19. The molecule has 2 N–H and O–H groups in total. The molecule has 2 amide bonds. The van der Waals surface area contributed by atoms with Gasteiger partial charge in [-0.25, -0.2) is 9.18 Å². The maximum absolute atomic E-state index is 13.1. The first-order valence-electron chi connectivity index (χ1n) is 9.12. The highest BCUT2D eigenvalue weighted by atomic mass is 19.1. The fourth-order valence-electron chi connectivity index (χ4n) is 3.71. The Morgan fingerprint density at radius 1 is 1.17 bits per heavy atom. The van der Waals surface area contributed by atoms with Crippen LogP contribution in [0.3, 0.4) is 0 Å². The van der Waals surface area contributed by atoms with E-state index in [2.05, 4.69) is 5.32 Å². The summed E-state index contributed by atoms with van der Waals surface area (Å²) in [6.07, 6.45) is 6.83. The Morgan fingerprint density at radius 3 is 2.58 bits per heavy atom. The Hall–Kier alpha value is -1.62. The number of unbranched alkanes of at least 4 members (excludes halogenated alkanes) is 1. The van der Waals surface area contributed by atoms with E-state index in [0.717, 1.165) is 50.5 Å². The lowest BCUT2D eigenvalue weighted by Crippen LogP contribution is -2.47. The molecule has 2 aliphatic rings. The van der Waals surface area contributed by atoms with Gasteiger partial charge in [-0.05, 0) is 56.2 Å². The molecule has 2 unspecified atom stereocenters. The van der Waals surface area contributed by atoms with Crippen LogP contribution in [-0.4, -0.2) is 41.3 Å². The van der Waals surface area contributed by atoms with Crippen LogP contribution < -0.4 is 5.32 Å². The Kier molecular flexibility index (Phi) is 5.72. The SMILES string of the molecule is O=C(NC1CCCC1c1ccc(F)cc1)N(CCCCO)C1CC1. The highest BCUT2D eigenvalue weighted by molar-refractivity contribution is 5.75. The van der Waals surface area contributed by atoms with Crippen LogP contribution in [0.25, 0.3) is 0 Å². The van der Waals surface area contributed by atoms with Gasteiger partial charge < -0.3 is 15.3 Å². The van der Waals surface area contributed by atoms with E-state index >= 15 is 0 Å². The van der Waals surface area contributed by atoms with E-state index in [1.807, 2.05) is 17.0 Å². The topological polar surface area (TPSA) is 52.6 Å². The van der Waals surface area contributed by atoms with Crippen molar-refractivity contribution in [1.82, 2.24) is 10.2 Å². The van der Waals surface area contributed by atoms with Gasteiger partial charge in [0.2, 0.25) is 0 Å². The number of amides is 2. The minimum atomic E-state index is -0.221. The molecule has 0 aliphatic heterocycles. The number of carbonyl (C=O) groups is 1. The molecule has 2 aliphatic carbocycles. The molecule has 0 saturated heterocycles. The zero-order valence-corrected chi connectivity index (χ0v) is 14.1. The summed E-state index contributed by atoms with van der Waals surface area (Å²) in [5.41, 5.74) is 1.11. The molecule has 2 saturated carbocycles. The molecule has 0 spiro atoms. The van der Waals surface area contributed by atoms with Gasteiger partial charge in [0, 0.05) is 31.2 Å². The third-order valence-electron chi connectivity index (χ3n) is 5.18. The summed E-state index contributed by atoms with van der Waals surface area (Å²) in [6.45, 7) is 0.889. The average Bonchev–Trinajstić information content (AvgIpc) is 3.31. The molecule has 1 aromatic carbocycles. The molecule has 0 aromatic heterocycles. The van der Waals surface area contributed by atoms with Gasteiger partial charge >= 0.3 is 6.03 Å². The molecule has 1 aromatic rings. The molecule has 4 nitrogen and oxygen atoms in total. The molecule has 0 heterocycles. The van der Waals surface area contributed by atoms with E-state index in [0.29, 0.717) is 12.6 Å². The minimum Gasteiger partial charge on any atom is -0.396 e. The van der Waals surface area contributed by atoms with E-state index in [-0.39, 0.29) is 30.4 Å². The van der Waals surface area contributed by atoms with Gasteiger partial charge in [0.1, 0.15) is 5.82 Å². The molecular weight excluding hydrogens is 307 g/mol. The van der Waals surface area contributed by atoms with Crippen LogP contribution in [0.1, 0.15) is 56.4 Å². The van der Waals surface area contributed by atoms with Crippen LogP contribution in [0.5, 0.6) is 0 Å². The summed E-state index contributed by atoms with van der Waals surface area (Å²) in [4.78, 5) is 14.6. The van der Waals surface area contributed by atoms with Crippen molar-refractivity contribution in [3.05, 3.63) is 35.6 Å². The first kappa shape index (κ1) is 17.2. The fraction of sp³-hybridized carbons (Fsp3) is 0.632. The van der Waals surface area contributed by atoms with Crippen LogP contribution in [0.15, 0.2) is 24.3 Å². The van der Waals surface area contributed by atoms with Crippen LogP contribution in [0.4, 0.5) is 9.18 Å². The number of urea groups is 1. The Labute approximate surface area is 143 Å². The van der Waals surface area contributed by atoms with E-state index in [4.69, 9.17) is 5.11 Å². The molecule has 2 fully saturated rings. The van der Waals surface area contributed by atoms with Crippen LogP contribution >= 0.6 is 0 Å². The monoisotopic (exact) mass is 334 g/mol. The molecule has 2 atom stereocenters. The molecule has 0 bridgehead atoms. The number of rotatable bonds is 7. The van der Waals surface area contributed by atoms with Gasteiger partial charge in [-0.3, -0.25) is 0 Å². The molecule has 0 radical (unpaired) electrons. The second kappa shape index (κ2) is 7.97. The maximum Gasteiger partial charge on any atom is 0.317 e. The lowest BCUT2D eigenvalue weighted by Gasteiger charge is -2.28. The van der Waals surface area contributed by atoms with Gasteiger partial charge in [0.15, 0.2) is 0 Å². The van der Waals surface area contributed by atoms with Gasteiger partial charge in [-0.1, -0.05) is 18.6 Å². The predicted molar refractivity (Wildman–Crippen MR) is 91.4 cm³/mol. The minimum absolute atomic E-state index is 0.0226. The Morgan fingerprint density at radius 2 is 1.92 bits per heavy atom. The number of nitrogens with one attached hydrogen (secondary N) is 1. The van der Waals surface area contributed by atoms with Gasteiger partial charge in [0.25, 0.3) is 0 Å². The van der Waals surface area contributed by atoms with E-state index in [1.54, 1.807) is 0 Å². The first-order chi connectivity index (χ1) is 11.7. The predicted octanol–water partition coefficient (Wildman–Crippen LogP) is 3.41. The summed E-state index contributed by atoms with van der Waals surface area (Å²) >= 11 is 0. The van der Waals surface area contributed by atoms with Gasteiger partial charge in [0.05, 0.1) is 0 Å². The van der Waals surface area contributed by atoms with Gasteiger partial charge in [-0.15, -0.1) is 0 Å². The van der Waals surface area contributed by atoms with Gasteiger partial charge in [-0.2, -0.15) is 0 Å². The van der Waals surface area contributed by atoms with Crippen LogP contribution in [0, 0.1) is 5.82 Å². The Balaban J connectivity index is 1.60. The first-order valence-corrected chi connectivity index (χ1v) is 9.12. The molecule has 132 valence electrons. The highest BCUT2D eigenvalue weighted by Gasteiger charge is 2.35. The van der Waals surface area contributed by atoms with Crippen molar-refractivity contribution in [2.24, 2.45) is 0 Å². The average molecular weight is 334 g/mol. The van der Waals surface area contributed by atoms with Crippen LogP contribution in [-0.2, 0) is 0 Å². The number of hydrogen-bond acceptors (Lipinski definition) is 2. The highest BCUT2D eigenvalue weighted by Crippen LogP contribution is 2.35. The lowest BCUT2D eigenvalue weighted by molar-refractivity contribution is 0.186. The summed E-state index contributed by atoms with van der Waals surface area (Å²) in [5.74, 6) is 0.0502. The smallest absolute Gasteiger partial charge is 0.317 e. The zero-order valence-electron chi connectivity index (χ0n) is 14.1.